The number of carbonyl (C=O) groups is 1. The topological polar surface area (TPSA) is 61.4 Å². The molecule has 76 valence electrons. The van der Waals surface area contributed by atoms with Crippen LogP contribution < -0.4 is 10.6 Å². The van der Waals surface area contributed by atoms with Crippen LogP contribution in [0.15, 0.2) is 0 Å². The standard InChI is InChI=1S/C9H18N2O2/c1-6(2)8(9(12)13)11-7-3-4-10-5-7/h6-8,10-11H,3-5H2,1-2H3,(H,12,13). The van der Waals surface area contributed by atoms with E-state index in [-0.39, 0.29) is 5.92 Å². The van der Waals surface area contributed by atoms with Crippen LogP contribution in [0.5, 0.6) is 0 Å². The quantitative estimate of drug-likeness (QED) is 0.580. The van der Waals surface area contributed by atoms with E-state index < -0.39 is 12.0 Å². The molecule has 1 rings (SSSR count). The molecule has 1 aliphatic rings. The Morgan fingerprint density at radius 3 is 2.69 bits per heavy atom. The van der Waals surface area contributed by atoms with E-state index in [0.29, 0.717) is 6.04 Å². The van der Waals surface area contributed by atoms with Crippen molar-refractivity contribution < 1.29 is 9.90 Å². The van der Waals surface area contributed by atoms with Gasteiger partial charge in [0.1, 0.15) is 6.04 Å². The van der Waals surface area contributed by atoms with Gasteiger partial charge in [-0.2, -0.15) is 0 Å². The minimum Gasteiger partial charge on any atom is -0.480 e. The number of nitrogens with one attached hydrogen (secondary N) is 2. The van der Waals surface area contributed by atoms with Gasteiger partial charge in [-0.1, -0.05) is 13.8 Å². The molecule has 13 heavy (non-hydrogen) atoms. The van der Waals surface area contributed by atoms with Crippen molar-refractivity contribution in [1.29, 1.82) is 0 Å². The first-order valence-electron chi connectivity index (χ1n) is 4.81. The third-order valence-corrected chi connectivity index (χ3v) is 2.41. The van der Waals surface area contributed by atoms with Gasteiger partial charge in [0.25, 0.3) is 0 Å². The van der Waals surface area contributed by atoms with Gasteiger partial charge in [0.2, 0.25) is 0 Å². The highest BCUT2D eigenvalue weighted by Crippen LogP contribution is 2.06. The number of aliphatic carboxylic acids is 1. The molecule has 0 radical (unpaired) electrons. The van der Waals surface area contributed by atoms with Crippen molar-refractivity contribution in [3.63, 3.8) is 0 Å². The molecule has 1 fully saturated rings. The van der Waals surface area contributed by atoms with Gasteiger partial charge in [0.15, 0.2) is 0 Å². The molecule has 4 heteroatoms. The second-order valence-electron chi connectivity index (χ2n) is 3.92. The van der Waals surface area contributed by atoms with Crippen LogP contribution in [0.1, 0.15) is 20.3 Å². The summed E-state index contributed by atoms with van der Waals surface area (Å²) in [6.07, 6.45) is 1.02. The predicted octanol–water partition coefficient (Wildman–Crippen LogP) is 0.0471. The summed E-state index contributed by atoms with van der Waals surface area (Å²) < 4.78 is 0. The second-order valence-corrected chi connectivity index (χ2v) is 3.92. The summed E-state index contributed by atoms with van der Waals surface area (Å²) in [5.74, 6) is -0.611. The van der Waals surface area contributed by atoms with Crippen LogP contribution >= 0.6 is 0 Å². The van der Waals surface area contributed by atoms with Gasteiger partial charge >= 0.3 is 5.97 Å². The molecule has 3 N–H and O–H groups in total. The Balaban J connectivity index is 2.41. The van der Waals surface area contributed by atoms with Gasteiger partial charge in [-0.3, -0.25) is 4.79 Å². The average molecular weight is 186 g/mol. The summed E-state index contributed by atoms with van der Waals surface area (Å²) in [6, 6.07) is -0.0894. The maximum absolute atomic E-state index is 10.8. The van der Waals surface area contributed by atoms with Crippen molar-refractivity contribution in [1.82, 2.24) is 10.6 Å². The lowest BCUT2D eigenvalue weighted by molar-refractivity contribution is -0.140. The summed E-state index contributed by atoms with van der Waals surface area (Å²) in [4.78, 5) is 10.8. The lowest BCUT2D eigenvalue weighted by Crippen LogP contribution is -2.47. The van der Waals surface area contributed by atoms with Gasteiger partial charge in [-0.15, -0.1) is 0 Å². The summed E-state index contributed by atoms with van der Waals surface area (Å²) in [6.45, 7) is 5.72. The van der Waals surface area contributed by atoms with E-state index in [1.165, 1.54) is 0 Å². The van der Waals surface area contributed by atoms with Gasteiger partial charge in [-0.05, 0) is 18.9 Å². The fourth-order valence-corrected chi connectivity index (χ4v) is 1.60. The predicted molar refractivity (Wildman–Crippen MR) is 50.7 cm³/mol. The highest BCUT2D eigenvalue weighted by Gasteiger charge is 2.25. The number of hydrogen-bond donors (Lipinski definition) is 3. The molecule has 0 bridgehead atoms. The van der Waals surface area contributed by atoms with E-state index in [1.807, 2.05) is 13.8 Å². The summed E-state index contributed by atoms with van der Waals surface area (Å²) >= 11 is 0. The molecule has 1 saturated heterocycles. The van der Waals surface area contributed by atoms with Crippen molar-refractivity contribution >= 4 is 5.97 Å². The molecule has 0 aliphatic carbocycles. The summed E-state index contributed by atoms with van der Waals surface area (Å²) in [5, 5.41) is 15.3. The van der Waals surface area contributed by atoms with Gasteiger partial charge in [0.05, 0.1) is 0 Å². The van der Waals surface area contributed by atoms with Crippen LogP contribution in [0, 0.1) is 5.92 Å². The number of carboxylic acids is 1. The Labute approximate surface area is 78.7 Å². The maximum Gasteiger partial charge on any atom is 0.320 e. The molecule has 2 unspecified atom stereocenters. The molecule has 0 saturated carbocycles. The van der Waals surface area contributed by atoms with Crippen LogP contribution in [0.4, 0.5) is 0 Å². The Bertz CT molecular complexity index is 176. The smallest absolute Gasteiger partial charge is 0.320 e. The van der Waals surface area contributed by atoms with E-state index in [4.69, 9.17) is 5.11 Å². The zero-order valence-electron chi connectivity index (χ0n) is 8.21. The lowest BCUT2D eigenvalue weighted by atomic mass is 10.0. The third kappa shape index (κ3) is 2.97. The number of carboxylic acid groups (broad SMARTS) is 1. The monoisotopic (exact) mass is 186 g/mol. The van der Waals surface area contributed by atoms with Crippen molar-refractivity contribution in [3.05, 3.63) is 0 Å². The van der Waals surface area contributed by atoms with E-state index in [0.717, 1.165) is 19.5 Å². The van der Waals surface area contributed by atoms with Gasteiger partial charge < -0.3 is 15.7 Å². The highest BCUT2D eigenvalue weighted by atomic mass is 16.4. The first-order valence-corrected chi connectivity index (χ1v) is 4.81. The van der Waals surface area contributed by atoms with Crippen LogP contribution in [-0.2, 0) is 4.79 Å². The fraction of sp³-hybridized carbons (Fsp3) is 0.889. The Hall–Kier alpha value is -0.610. The minimum atomic E-state index is -0.748. The zero-order chi connectivity index (χ0) is 9.84. The summed E-state index contributed by atoms with van der Waals surface area (Å²) in [7, 11) is 0. The third-order valence-electron chi connectivity index (χ3n) is 2.41. The SMILES string of the molecule is CC(C)C(NC1CCNC1)C(=O)O. The second kappa shape index (κ2) is 4.58. The van der Waals surface area contributed by atoms with Crippen molar-refractivity contribution in [3.8, 4) is 0 Å². The molecule has 0 amide bonds. The largest absolute Gasteiger partial charge is 0.480 e. The van der Waals surface area contributed by atoms with Gasteiger partial charge in [0, 0.05) is 12.6 Å². The molecule has 0 aromatic rings. The molecule has 0 aromatic heterocycles. The number of hydrogen-bond acceptors (Lipinski definition) is 3. The first kappa shape index (κ1) is 10.5. The average Bonchev–Trinajstić information content (AvgIpc) is 2.50. The first-order chi connectivity index (χ1) is 6.11. The van der Waals surface area contributed by atoms with Crippen LogP contribution in [0.25, 0.3) is 0 Å². The molecular weight excluding hydrogens is 168 g/mol. The van der Waals surface area contributed by atoms with E-state index in [9.17, 15) is 4.79 Å². The molecule has 0 aromatic carbocycles. The minimum absolute atomic E-state index is 0.137. The normalized spacial score (nSPS) is 25.0. The van der Waals surface area contributed by atoms with Crippen LogP contribution in [0.2, 0.25) is 0 Å². The maximum atomic E-state index is 10.8. The zero-order valence-corrected chi connectivity index (χ0v) is 8.21. The Morgan fingerprint density at radius 2 is 2.31 bits per heavy atom. The lowest BCUT2D eigenvalue weighted by Gasteiger charge is -2.21. The van der Waals surface area contributed by atoms with Crippen molar-refractivity contribution in [2.45, 2.75) is 32.4 Å². The van der Waals surface area contributed by atoms with E-state index in [1.54, 1.807) is 0 Å². The molecule has 4 nitrogen and oxygen atoms in total. The van der Waals surface area contributed by atoms with E-state index in [2.05, 4.69) is 10.6 Å². The molecule has 2 atom stereocenters. The fourth-order valence-electron chi connectivity index (χ4n) is 1.60. The molecule has 0 spiro atoms. The van der Waals surface area contributed by atoms with E-state index >= 15 is 0 Å². The Kier molecular flexibility index (Phi) is 3.69. The molecule has 1 heterocycles. The highest BCUT2D eigenvalue weighted by molar-refractivity contribution is 5.73. The molecule has 1 aliphatic heterocycles. The van der Waals surface area contributed by atoms with Crippen LogP contribution in [0.3, 0.4) is 0 Å². The van der Waals surface area contributed by atoms with Crippen LogP contribution in [-0.4, -0.2) is 36.2 Å². The molecular formula is C9H18N2O2. The summed E-state index contributed by atoms with van der Waals surface area (Å²) in [5.41, 5.74) is 0. The van der Waals surface area contributed by atoms with Crippen molar-refractivity contribution in [2.75, 3.05) is 13.1 Å². The number of rotatable bonds is 4. The Morgan fingerprint density at radius 1 is 1.62 bits per heavy atom. The van der Waals surface area contributed by atoms with Crippen molar-refractivity contribution in [2.24, 2.45) is 5.92 Å². The van der Waals surface area contributed by atoms with Gasteiger partial charge in [-0.25, -0.2) is 0 Å².